The van der Waals surface area contributed by atoms with Gasteiger partial charge in [0.1, 0.15) is 18.2 Å². The normalized spacial score (nSPS) is 10.8. The Bertz CT molecular complexity index is 915. The third kappa shape index (κ3) is 4.48. The van der Waals surface area contributed by atoms with E-state index in [-0.39, 0.29) is 23.9 Å². The molecule has 11 heteroatoms. The highest BCUT2D eigenvalue weighted by Gasteiger charge is 2.13. The van der Waals surface area contributed by atoms with Gasteiger partial charge in [-0.1, -0.05) is 11.6 Å². The molecule has 1 amide bonds. The van der Waals surface area contributed by atoms with Crippen molar-refractivity contribution >= 4 is 23.2 Å². The van der Waals surface area contributed by atoms with Gasteiger partial charge in [-0.3, -0.25) is 24.3 Å². The lowest BCUT2D eigenvalue weighted by Crippen LogP contribution is -2.24. The van der Waals surface area contributed by atoms with Crippen molar-refractivity contribution in [3.05, 3.63) is 63.6 Å². The molecule has 3 rings (SSSR count). The first kappa shape index (κ1) is 17.7. The summed E-state index contributed by atoms with van der Waals surface area (Å²) in [6.07, 6.45) is 6.40. The molecule has 0 saturated heterocycles. The van der Waals surface area contributed by atoms with Crippen LogP contribution >= 0.6 is 11.6 Å². The molecule has 0 aliphatic carbocycles. The molecule has 10 nitrogen and oxygen atoms in total. The van der Waals surface area contributed by atoms with Crippen molar-refractivity contribution in [3.63, 3.8) is 0 Å². The summed E-state index contributed by atoms with van der Waals surface area (Å²) in [4.78, 5) is 22.2. The minimum absolute atomic E-state index is 0.104. The fourth-order valence-corrected chi connectivity index (χ4v) is 2.43. The van der Waals surface area contributed by atoms with Crippen LogP contribution in [0.25, 0.3) is 0 Å². The Morgan fingerprint density at radius 1 is 1.27 bits per heavy atom. The van der Waals surface area contributed by atoms with Gasteiger partial charge in [0, 0.05) is 19.3 Å². The molecular weight excluding hydrogens is 364 g/mol. The summed E-state index contributed by atoms with van der Waals surface area (Å²) in [5.74, 6) is 0.310. The van der Waals surface area contributed by atoms with Gasteiger partial charge in [-0.25, -0.2) is 0 Å². The number of carbonyl (C=O) groups is 1. The van der Waals surface area contributed by atoms with E-state index in [0.717, 1.165) is 6.20 Å². The van der Waals surface area contributed by atoms with Gasteiger partial charge in [0.05, 0.1) is 22.7 Å². The number of carbonyl (C=O) groups excluding carboxylic acids is 1. The zero-order chi connectivity index (χ0) is 18.5. The van der Waals surface area contributed by atoms with Crippen molar-refractivity contribution in [2.75, 3.05) is 6.54 Å². The number of aryl methyl sites for hydroxylation is 1. The molecule has 3 aromatic rings. The number of nitro groups is 1. The van der Waals surface area contributed by atoms with Crippen molar-refractivity contribution < 1.29 is 14.1 Å². The molecule has 0 saturated carbocycles. The second-order valence-electron chi connectivity index (χ2n) is 5.45. The van der Waals surface area contributed by atoms with Gasteiger partial charge >= 0.3 is 5.69 Å². The Labute approximate surface area is 152 Å². The summed E-state index contributed by atoms with van der Waals surface area (Å²) in [6.45, 7) is 1.29. The molecule has 0 unspecified atom stereocenters. The number of rotatable bonds is 8. The minimum Gasteiger partial charge on any atom is -0.454 e. The number of nitrogens with one attached hydrogen (secondary N) is 1. The third-order valence-electron chi connectivity index (χ3n) is 3.48. The fourth-order valence-electron chi connectivity index (χ4n) is 2.27. The van der Waals surface area contributed by atoms with Crippen molar-refractivity contribution in [1.82, 2.24) is 24.9 Å². The second-order valence-corrected chi connectivity index (χ2v) is 5.89. The molecule has 136 valence electrons. The lowest BCUT2D eigenvalue weighted by Gasteiger charge is -2.03. The Hall–Kier alpha value is -3.14. The lowest BCUT2D eigenvalue weighted by atomic mass is 10.3. The van der Waals surface area contributed by atoms with Crippen LogP contribution < -0.4 is 5.32 Å². The van der Waals surface area contributed by atoms with Crippen LogP contribution in [0.5, 0.6) is 0 Å². The van der Waals surface area contributed by atoms with E-state index >= 15 is 0 Å². The standard InChI is InChI=1S/C15H15ClN6O4/c16-11-6-18-20(8-11)5-1-4-17-15(23)14-3-2-13(26-14)10-21-9-12(7-19-21)22(24)25/h2-3,6-9H,1,4-5,10H2,(H,17,23). The topological polar surface area (TPSA) is 121 Å². The maximum atomic E-state index is 12.1. The lowest BCUT2D eigenvalue weighted by molar-refractivity contribution is -0.385. The maximum absolute atomic E-state index is 12.1. The monoisotopic (exact) mass is 378 g/mol. The Morgan fingerprint density at radius 2 is 2.08 bits per heavy atom. The van der Waals surface area contributed by atoms with Gasteiger partial charge < -0.3 is 9.73 Å². The first-order valence-corrected chi connectivity index (χ1v) is 8.11. The van der Waals surface area contributed by atoms with Crippen molar-refractivity contribution in [1.29, 1.82) is 0 Å². The molecule has 3 aromatic heterocycles. The molecule has 0 aromatic carbocycles. The van der Waals surface area contributed by atoms with Crippen molar-refractivity contribution in [2.24, 2.45) is 0 Å². The Kier molecular flexibility index (Phi) is 5.32. The van der Waals surface area contributed by atoms with E-state index in [9.17, 15) is 14.9 Å². The number of halogens is 1. The van der Waals surface area contributed by atoms with E-state index < -0.39 is 4.92 Å². The summed E-state index contributed by atoms with van der Waals surface area (Å²) in [5.41, 5.74) is -0.104. The summed E-state index contributed by atoms with van der Waals surface area (Å²) in [6, 6.07) is 3.18. The van der Waals surface area contributed by atoms with Gasteiger partial charge in [-0.15, -0.1) is 0 Å². The smallest absolute Gasteiger partial charge is 0.307 e. The number of furan rings is 1. The number of hydrogen-bond donors (Lipinski definition) is 1. The van der Waals surface area contributed by atoms with Crippen molar-refractivity contribution in [3.8, 4) is 0 Å². The zero-order valence-electron chi connectivity index (χ0n) is 13.5. The molecule has 0 aliphatic rings. The second kappa shape index (κ2) is 7.83. The Morgan fingerprint density at radius 3 is 2.77 bits per heavy atom. The van der Waals surface area contributed by atoms with E-state index in [2.05, 4.69) is 15.5 Å². The van der Waals surface area contributed by atoms with Crippen LogP contribution in [-0.2, 0) is 13.1 Å². The maximum Gasteiger partial charge on any atom is 0.307 e. The summed E-state index contributed by atoms with van der Waals surface area (Å²) in [5, 5.41) is 21.9. The third-order valence-corrected chi connectivity index (χ3v) is 3.68. The van der Waals surface area contributed by atoms with Gasteiger partial charge in [0.15, 0.2) is 5.76 Å². The molecule has 0 spiro atoms. The van der Waals surface area contributed by atoms with Gasteiger partial charge in [-0.05, 0) is 18.6 Å². The predicted octanol–water partition coefficient (Wildman–Crippen LogP) is 2.10. The highest BCUT2D eigenvalue weighted by Crippen LogP contribution is 2.13. The Balaban J connectivity index is 1.47. The van der Waals surface area contributed by atoms with Crippen molar-refractivity contribution in [2.45, 2.75) is 19.5 Å². The average molecular weight is 379 g/mol. The number of amides is 1. The van der Waals surface area contributed by atoms with Crippen LogP contribution in [0, 0.1) is 10.1 Å². The number of nitrogens with zero attached hydrogens (tertiary/aromatic N) is 5. The van der Waals surface area contributed by atoms with E-state index in [1.165, 1.54) is 10.9 Å². The molecule has 26 heavy (non-hydrogen) atoms. The first-order valence-electron chi connectivity index (χ1n) is 7.73. The molecule has 0 radical (unpaired) electrons. The van der Waals surface area contributed by atoms with Crippen LogP contribution in [0.4, 0.5) is 5.69 Å². The van der Waals surface area contributed by atoms with E-state index in [1.807, 2.05) is 0 Å². The number of hydrogen-bond acceptors (Lipinski definition) is 6. The van der Waals surface area contributed by atoms with Gasteiger partial charge in [0.2, 0.25) is 0 Å². The average Bonchev–Trinajstić information content (AvgIpc) is 3.33. The summed E-state index contributed by atoms with van der Waals surface area (Å²) < 4.78 is 8.53. The molecule has 0 aliphatic heterocycles. The highest BCUT2D eigenvalue weighted by molar-refractivity contribution is 6.30. The molecule has 0 bridgehead atoms. The highest BCUT2D eigenvalue weighted by atomic mass is 35.5. The van der Waals surface area contributed by atoms with Gasteiger partial charge in [-0.2, -0.15) is 10.2 Å². The van der Waals surface area contributed by atoms with Crippen LogP contribution in [-0.4, -0.2) is 36.9 Å². The molecular formula is C15H15ClN6O4. The quantitative estimate of drug-likeness (QED) is 0.364. The molecule has 0 atom stereocenters. The number of aromatic nitrogens is 4. The molecule has 3 heterocycles. The largest absolute Gasteiger partial charge is 0.454 e. The van der Waals surface area contributed by atoms with E-state index in [1.54, 1.807) is 29.2 Å². The van der Waals surface area contributed by atoms with Crippen LogP contribution in [0.2, 0.25) is 5.02 Å². The van der Waals surface area contributed by atoms with Gasteiger partial charge in [0.25, 0.3) is 5.91 Å². The molecule has 0 fully saturated rings. The van der Waals surface area contributed by atoms with Crippen LogP contribution in [0.1, 0.15) is 22.7 Å². The SMILES string of the molecule is O=C(NCCCn1cc(Cl)cn1)c1ccc(Cn2cc([N+](=O)[O-])cn2)o1. The summed E-state index contributed by atoms with van der Waals surface area (Å²) in [7, 11) is 0. The zero-order valence-corrected chi connectivity index (χ0v) is 14.3. The first-order chi connectivity index (χ1) is 12.5. The molecule has 1 N–H and O–H groups in total. The fraction of sp³-hybridized carbons (Fsp3) is 0.267. The van der Waals surface area contributed by atoms with Crippen LogP contribution in [0.15, 0.2) is 41.3 Å². The minimum atomic E-state index is -0.526. The predicted molar refractivity (Wildman–Crippen MR) is 90.9 cm³/mol. The van der Waals surface area contributed by atoms with E-state index in [0.29, 0.717) is 30.3 Å². The van der Waals surface area contributed by atoms with Crippen LogP contribution in [0.3, 0.4) is 0 Å². The summed E-state index contributed by atoms with van der Waals surface area (Å²) >= 11 is 5.78. The van der Waals surface area contributed by atoms with E-state index in [4.69, 9.17) is 16.0 Å².